The maximum Gasteiger partial charge on any atom is 0.167 e. The van der Waals surface area contributed by atoms with Crippen molar-refractivity contribution in [2.45, 2.75) is 0 Å². The number of fused-ring (bicyclic) bond motifs is 9. The molecule has 3 heterocycles. The largest absolute Gasteiger partial charge is 0.455 e. The van der Waals surface area contributed by atoms with Crippen LogP contribution in [0, 0.1) is 0 Å². The molecule has 0 aliphatic heterocycles. The Hall–Kier alpha value is -8.67. The summed E-state index contributed by atoms with van der Waals surface area (Å²) in [6.07, 6.45) is 0. The summed E-state index contributed by atoms with van der Waals surface area (Å²) in [6.45, 7) is 0. The van der Waals surface area contributed by atoms with Gasteiger partial charge in [-0.05, 0) is 86.3 Å². The van der Waals surface area contributed by atoms with Gasteiger partial charge in [-0.1, -0.05) is 176 Å². The summed E-state index contributed by atoms with van der Waals surface area (Å²) in [5.41, 5.74) is 12.2. The quantitative estimate of drug-likeness (QED) is 0.157. The second kappa shape index (κ2) is 14.5. The van der Waals surface area contributed by atoms with Gasteiger partial charge in [0.15, 0.2) is 17.5 Å². The van der Waals surface area contributed by atoms with Gasteiger partial charge in [-0.15, -0.1) is 0 Å². The van der Waals surface area contributed by atoms with E-state index in [9.17, 15) is 0 Å². The highest BCUT2D eigenvalue weighted by Crippen LogP contribution is 2.41. The van der Waals surface area contributed by atoms with E-state index in [-0.39, 0.29) is 0 Å². The Labute approximate surface area is 368 Å². The fourth-order valence-electron chi connectivity index (χ4n) is 9.72. The van der Waals surface area contributed by atoms with Crippen LogP contribution in [0.4, 0.5) is 0 Å². The van der Waals surface area contributed by atoms with Crippen LogP contribution >= 0.6 is 0 Å². The zero-order valence-electron chi connectivity index (χ0n) is 34.5. The highest BCUT2D eigenvalue weighted by atomic mass is 16.3. The van der Waals surface area contributed by atoms with Crippen LogP contribution in [-0.2, 0) is 0 Å². The van der Waals surface area contributed by atoms with Crippen LogP contribution in [0.3, 0.4) is 0 Å². The van der Waals surface area contributed by atoms with E-state index < -0.39 is 0 Å². The molecule has 0 saturated heterocycles. The average molecular weight is 817 g/mol. The molecule has 0 spiro atoms. The van der Waals surface area contributed by atoms with Gasteiger partial charge >= 0.3 is 0 Å². The summed E-state index contributed by atoms with van der Waals surface area (Å²) in [5.74, 6) is 1.72. The van der Waals surface area contributed by atoms with Crippen molar-refractivity contribution in [2.24, 2.45) is 0 Å². The molecular formula is C59H36N4O. The van der Waals surface area contributed by atoms with Gasteiger partial charge < -0.3 is 8.98 Å². The Morgan fingerprint density at radius 2 is 0.906 bits per heavy atom. The molecule has 0 N–H and O–H groups in total. The van der Waals surface area contributed by atoms with E-state index in [4.69, 9.17) is 19.4 Å². The standard InChI is InChI=1S/C59H36N4O/c1-2-18-43(19-3-1)63-51-27-8-6-22-49(51)55-45(24-13-28-52(55)63)38-31-34-40(35-32-38)57-60-58(62-59(61-57)50-26-12-25-48-47-21-7-9-29-53(47)64-56(48)50)42-17-10-16-41(36-42)46-23-11-15-39-33-30-37-14-4-5-20-44(37)54(39)46/h1-36H. The van der Waals surface area contributed by atoms with Crippen molar-refractivity contribution in [3.8, 4) is 62.1 Å². The predicted octanol–water partition coefficient (Wildman–Crippen LogP) is 15.5. The number of hydrogen-bond acceptors (Lipinski definition) is 4. The molecule has 3 aromatic heterocycles. The normalized spacial score (nSPS) is 11.8. The molecule has 10 aromatic carbocycles. The summed E-state index contributed by atoms with van der Waals surface area (Å²) < 4.78 is 8.90. The zero-order chi connectivity index (χ0) is 42.1. The fourth-order valence-corrected chi connectivity index (χ4v) is 9.72. The van der Waals surface area contributed by atoms with Crippen LogP contribution in [0.25, 0.3) is 127 Å². The molecule has 0 radical (unpaired) electrons. The van der Waals surface area contributed by atoms with Crippen molar-refractivity contribution in [1.29, 1.82) is 0 Å². The van der Waals surface area contributed by atoms with Crippen molar-refractivity contribution in [2.75, 3.05) is 0 Å². The van der Waals surface area contributed by atoms with Gasteiger partial charge in [-0.3, -0.25) is 0 Å². The third-order valence-electron chi connectivity index (χ3n) is 12.6. The average Bonchev–Trinajstić information content (AvgIpc) is 3.93. The number of rotatable bonds is 6. The van der Waals surface area contributed by atoms with Gasteiger partial charge in [0, 0.05) is 38.4 Å². The van der Waals surface area contributed by atoms with Crippen LogP contribution in [0.1, 0.15) is 0 Å². The first-order chi connectivity index (χ1) is 31.7. The minimum atomic E-state index is 0.550. The number of aromatic nitrogens is 4. The molecule has 298 valence electrons. The molecular weight excluding hydrogens is 781 g/mol. The van der Waals surface area contributed by atoms with E-state index in [0.29, 0.717) is 17.5 Å². The maximum absolute atomic E-state index is 6.54. The Balaban J connectivity index is 0.976. The first-order valence-corrected chi connectivity index (χ1v) is 21.6. The lowest BCUT2D eigenvalue weighted by Gasteiger charge is -2.13. The van der Waals surface area contributed by atoms with Gasteiger partial charge in [0.25, 0.3) is 0 Å². The molecule has 0 amide bonds. The molecule has 0 aliphatic carbocycles. The number of furan rings is 1. The monoisotopic (exact) mass is 816 g/mol. The van der Waals surface area contributed by atoms with Crippen molar-refractivity contribution < 1.29 is 4.42 Å². The van der Waals surface area contributed by atoms with Crippen LogP contribution < -0.4 is 0 Å². The zero-order valence-corrected chi connectivity index (χ0v) is 34.5. The molecule has 13 rings (SSSR count). The van der Waals surface area contributed by atoms with Crippen molar-refractivity contribution >= 4 is 65.3 Å². The van der Waals surface area contributed by atoms with Crippen LogP contribution in [-0.4, -0.2) is 19.5 Å². The fraction of sp³-hybridized carbons (Fsp3) is 0. The van der Waals surface area contributed by atoms with E-state index in [1.54, 1.807) is 0 Å². The van der Waals surface area contributed by atoms with Gasteiger partial charge in [0.2, 0.25) is 0 Å². The lowest BCUT2D eigenvalue weighted by Crippen LogP contribution is -2.00. The first kappa shape index (κ1) is 36.0. The highest BCUT2D eigenvalue weighted by Gasteiger charge is 2.20. The number of nitrogens with zero attached hydrogens (tertiary/aromatic N) is 4. The molecule has 5 heteroatoms. The molecule has 0 bridgehead atoms. The molecule has 64 heavy (non-hydrogen) atoms. The summed E-state index contributed by atoms with van der Waals surface area (Å²) in [4.78, 5) is 15.7. The number of hydrogen-bond donors (Lipinski definition) is 0. The third-order valence-corrected chi connectivity index (χ3v) is 12.6. The molecule has 13 aromatic rings. The van der Waals surface area contributed by atoms with Crippen molar-refractivity contribution in [3.05, 3.63) is 218 Å². The predicted molar refractivity (Wildman–Crippen MR) is 264 cm³/mol. The molecule has 0 aliphatic rings. The summed E-state index contributed by atoms with van der Waals surface area (Å²) in [6, 6.07) is 76.9. The highest BCUT2D eigenvalue weighted by molar-refractivity contribution is 6.16. The molecule has 0 fully saturated rings. The van der Waals surface area contributed by atoms with E-state index in [1.807, 2.05) is 24.3 Å². The smallest absolute Gasteiger partial charge is 0.167 e. The second-order valence-electron chi connectivity index (χ2n) is 16.3. The van der Waals surface area contributed by atoms with E-state index in [2.05, 4.69) is 199 Å². The Morgan fingerprint density at radius 1 is 0.328 bits per heavy atom. The topological polar surface area (TPSA) is 56.7 Å². The minimum Gasteiger partial charge on any atom is -0.455 e. The summed E-state index contributed by atoms with van der Waals surface area (Å²) in [5, 5.41) is 9.39. The van der Waals surface area contributed by atoms with Crippen molar-refractivity contribution in [3.63, 3.8) is 0 Å². The van der Waals surface area contributed by atoms with Gasteiger partial charge in [-0.25, -0.2) is 15.0 Å². The lowest BCUT2D eigenvalue weighted by molar-refractivity contribution is 0.669. The lowest BCUT2D eigenvalue weighted by atomic mass is 9.93. The van der Waals surface area contributed by atoms with E-state index >= 15 is 0 Å². The SMILES string of the molecule is c1ccc(-n2c3ccccc3c3c(-c4ccc(-c5nc(-c6cccc(-c7cccc8ccc9ccccc9c78)c6)nc(-c6cccc7c6oc6ccccc67)n5)cc4)cccc32)cc1. The van der Waals surface area contributed by atoms with Gasteiger partial charge in [-0.2, -0.15) is 0 Å². The first-order valence-electron chi connectivity index (χ1n) is 21.6. The molecule has 0 unspecified atom stereocenters. The van der Waals surface area contributed by atoms with Crippen molar-refractivity contribution in [1.82, 2.24) is 19.5 Å². The summed E-state index contributed by atoms with van der Waals surface area (Å²) in [7, 11) is 0. The van der Waals surface area contributed by atoms with Crippen LogP contribution in [0.15, 0.2) is 223 Å². The number of para-hydroxylation sites is 4. The van der Waals surface area contributed by atoms with Crippen LogP contribution in [0.5, 0.6) is 0 Å². The number of benzene rings is 10. The Kier molecular flexibility index (Phi) is 8.15. The van der Waals surface area contributed by atoms with Crippen LogP contribution in [0.2, 0.25) is 0 Å². The molecule has 0 atom stereocenters. The van der Waals surface area contributed by atoms with Gasteiger partial charge in [0.1, 0.15) is 11.2 Å². The summed E-state index contributed by atoms with van der Waals surface area (Å²) >= 11 is 0. The van der Waals surface area contributed by atoms with E-state index in [0.717, 1.165) is 61.0 Å². The molecule has 5 nitrogen and oxygen atoms in total. The molecule has 0 saturated carbocycles. The minimum absolute atomic E-state index is 0.550. The maximum atomic E-state index is 6.54. The van der Waals surface area contributed by atoms with Gasteiger partial charge in [0.05, 0.1) is 16.6 Å². The second-order valence-corrected chi connectivity index (χ2v) is 16.3. The third kappa shape index (κ3) is 5.75. The Morgan fingerprint density at radius 3 is 1.78 bits per heavy atom. The van der Waals surface area contributed by atoms with E-state index in [1.165, 1.54) is 48.9 Å². The Bertz CT molecular complexity index is 3960.